The van der Waals surface area contributed by atoms with Gasteiger partial charge in [0.25, 0.3) is 0 Å². The van der Waals surface area contributed by atoms with E-state index in [2.05, 4.69) is 13.5 Å². The van der Waals surface area contributed by atoms with E-state index < -0.39 is 0 Å². The first kappa shape index (κ1) is 11.2. The van der Waals surface area contributed by atoms with Gasteiger partial charge in [-0.1, -0.05) is 39.0 Å². The second-order valence-electron chi connectivity index (χ2n) is 3.14. The van der Waals surface area contributed by atoms with E-state index in [9.17, 15) is 4.79 Å². The van der Waals surface area contributed by atoms with Gasteiger partial charge < -0.3 is 0 Å². The molecule has 0 aromatic carbocycles. The summed E-state index contributed by atoms with van der Waals surface area (Å²) in [5.74, 6) is 0.406. The highest BCUT2D eigenvalue weighted by atomic mass is 16.1. The fraction of sp³-hybridized carbons (Fsp3) is 0.545. The SMILES string of the molecule is C=CC=C(C)C(=O)C(C)CCC. The van der Waals surface area contributed by atoms with E-state index in [1.165, 1.54) is 0 Å². The van der Waals surface area contributed by atoms with E-state index in [4.69, 9.17) is 0 Å². The standard InChI is InChI=1S/C11H18O/c1-5-7-9(3)11(12)10(4)8-6-2/h5,7,10H,1,6,8H2,2-4H3. The molecule has 1 heteroatoms. The number of hydrogen-bond acceptors (Lipinski definition) is 1. The molecular weight excluding hydrogens is 148 g/mol. The van der Waals surface area contributed by atoms with Crippen LogP contribution in [0.4, 0.5) is 0 Å². The normalized spacial score (nSPS) is 14.1. The van der Waals surface area contributed by atoms with Crippen molar-refractivity contribution in [1.82, 2.24) is 0 Å². The second-order valence-corrected chi connectivity index (χ2v) is 3.14. The summed E-state index contributed by atoms with van der Waals surface area (Å²) in [6.45, 7) is 9.48. The Labute approximate surface area is 75.2 Å². The molecule has 0 aliphatic rings. The van der Waals surface area contributed by atoms with Crippen LogP contribution < -0.4 is 0 Å². The van der Waals surface area contributed by atoms with E-state index in [0.29, 0.717) is 0 Å². The van der Waals surface area contributed by atoms with Crippen LogP contribution in [0.1, 0.15) is 33.6 Å². The highest BCUT2D eigenvalue weighted by molar-refractivity contribution is 5.96. The third kappa shape index (κ3) is 3.51. The maximum Gasteiger partial charge on any atom is 0.161 e. The van der Waals surface area contributed by atoms with E-state index in [1.54, 1.807) is 12.2 Å². The summed E-state index contributed by atoms with van der Waals surface area (Å²) in [5.41, 5.74) is 0.811. The number of allylic oxidation sites excluding steroid dienone is 3. The van der Waals surface area contributed by atoms with Gasteiger partial charge in [-0.15, -0.1) is 0 Å². The molecule has 0 saturated carbocycles. The van der Waals surface area contributed by atoms with Crippen LogP contribution in [0.3, 0.4) is 0 Å². The molecular formula is C11H18O. The Morgan fingerprint density at radius 1 is 1.58 bits per heavy atom. The molecule has 0 aliphatic carbocycles. The minimum absolute atomic E-state index is 0.159. The molecule has 0 radical (unpaired) electrons. The topological polar surface area (TPSA) is 17.1 Å². The molecule has 0 aliphatic heterocycles. The molecule has 68 valence electrons. The molecule has 0 heterocycles. The summed E-state index contributed by atoms with van der Waals surface area (Å²) in [7, 11) is 0. The highest BCUT2D eigenvalue weighted by Crippen LogP contribution is 2.11. The number of rotatable bonds is 5. The molecule has 12 heavy (non-hydrogen) atoms. The van der Waals surface area contributed by atoms with Crippen LogP contribution >= 0.6 is 0 Å². The van der Waals surface area contributed by atoms with Gasteiger partial charge in [0.2, 0.25) is 0 Å². The Morgan fingerprint density at radius 2 is 2.17 bits per heavy atom. The summed E-state index contributed by atoms with van der Waals surface area (Å²) in [6.07, 6.45) is 5.47. The van der Waals surface area contributed by atoms with Crippen LogP contribution in [-0.2, 0) is 4.79 Å². The van der Waals surface area contributed by atoms with Crippen LogP contribution in [-0.4, -0.2) is 5.78 Å². The van der Waals surface area contributed by atoms with Crippen molar-refractivity contribution in [2.45, 2.75) is 33.6 Å². The minimum atomic E-state index is 0.159. The summed E-state index contributed by atoms with van der Waals surface area (Å²) in [6, 6.07) is 0. The monoisotopic (exact) mass is 166 g/mol. The van der Waals surface area contributed by atoms with Gasteiger partial charge in [-0.2, -0.15) is 0 Å². The van der Waals surface area contributed by atoms with Crippen LogP contribution in [0.15, 0.2) is 24.3 Å². The first-order valence-corrected chi connectivity index (χ1v) is 4.47. The smallest absolute Gasteiger partial charge is 0.161 e. The molecule has 0 amide bonds. The number of ketones is 1. The third-order valence-electron chi connectivity index (χ3n) is 1.93. The van der Waals surface area contributed by atoms with Crippen molar-refractivity contribution in [1.29, 1.82) is 0 Å². The Balaban J connectivity index is 4.18. The maximum absolute atomic E-state index is 11.5. The zero-order chi connectivity index (χ0) is 9.56. The van der Waals surface area contributed by atoms with Crippen LogP contribution in [0.5, 0.6) is 0 Å². The Kier molecular flexibility index (Phi) is 5.35. The predicted octanol–water partition coefficient (Wildman–Crippen LogP) is 3.12. The largest absolute Gasteiger partial charge is 0.294 e. The number of hydrogen-bond donors (Lipinski definition) is 0. The lowest BCUT2D eigenvalue weighted by molar-refractivity contribution is -0.118. The zero-order valence-electron chi connectivity index (χ0n) is 8.26. The van der Waals surface area contributed by atoms with Gasteiger partial charge in [0.1, 0.15) is 0 Å². The molecule has 0 spiro atoms. The van der Waals surface area contributed by atoms with Gasteiger partial charge in [-0.3, -0.25) is 4.79 Å². The quantitative estimate of drug-likeness (QED) is 0.453. The van der Waals surface area contributed by atoms with Crippen molar-refractivity contribution in [3.8, 4) is 0 Å². The van der Waals surface area contributed by atoms with Crippen molar-refractivity contribution in [2.75, 3.05) is 0 Å². The molecule has 0 bridgehead atoms. The maximum atomic E-state index is 11.5. The van der Waals surface area contributed by atoms with Gasteiger partial charge in [-0.05, 0) is 18.9 Å². The number of Topliss-reactive ketones (excluding diaryl/α,β-unsaturated/α-hetero) is 1. The number of carbonyl (C=O) groups is 1. The van der Waals surface area contributed by atoms with Crippen LogP contribution in [0.2, 0.25) is 0 Å². The molecule has 0 saturated heterocycles. The van der Waals surface area contributed by atoms with Crippen molar-refractivity contribution >= 4 is 5.78 Å². The first-order valence-electron chi connectivity index (χ1n) is 4.47. The summed E-state index contributed by atoms with van der Waals surface area (Å²) in [4.78, 5) is 11.5. The molecule has 0 rings (SSSR count). The zero-order valence-corrected chi connectivity index (χ0v) is 8.26. The molecule has 0 N–H and O–H groups in total. The average Bonchev–Trinajstić information content (AvgIpc) is 2.04. The lowest BCUT2D eigenvalue weighted by Crippen LogP contribution is -2.11. The van der Waals surface area contributed by atoms with Crippen molar-refractivity contribution in [2.24, 2.45) is 5.92 Å². The molecule has 0 aromatic heterocycles. The van der Waals surface area contributed by atoms with E-state index in [0.717, 1.165) is 18.4 Å². The minimum Gasteiger partial charge on any atom is -0.294 e. The molecule has 0 fully saturated rings. The fourth-order valence-electron chi connectivity index (χ4n) is 1.21. The van der Waals surface area contributed by atoms with Gasteiger partial charge in [-0.25, -0.2) is 0 Å². The summed E-state index contributed by atoms with van der Waals surface area (Å²) < 4.78 is 0. The molecule has 1 unspecified atom stereocenters. The molecule has 1 nitrogen and oxygen atoms in total. The summed E-state index contributed by atoms with van der Waals surface area (Å²) >= 11 is 0. The average molecular weight is 166 g/mol. The highest BCUT2D eigenvalue weighted by Gasteiger charge is 2.12. The Bertz CT molecular complexity index is 189. The molecule has 0 aromatic rings. The lowest BCUT2D eigenvalue weighted by Gasteiger charge is -2.07. The first-order chi connectivity index (χ1) is 5.63. The van der Waals surface area contributed by atoms with Crippen molar-refractivity contribution in [3.05, 3.63) is 24.3 Å². The van der Waals surface area contributed by atoms with Crippen molar-refractivity contribution < 1.29 is 4.79 Å². The van der Waals surface area contributed by atoms with Gasteiger partial charge in [0, 0.05) is 5.92 Å². The van der Waals surface area contributed by atoms with Gasteiger partial charge in [0.05, 0.1) is 0 Å². The Morgan fingerprint density at radius 3 is 2.58 bits per heavy atom. The van der Waals surface area contributed by atoms with E-state index in [1.807, 2.05) is 13.8 Å². The van der Waals surface area contributed by atoms with Crippen molar-refractivity contribution in [3.63, 3.8) is 0 Å². The lowest BCUT2D eigenvalue weighted by atomic mass is 9.96. The number of carbonyl (C=O) groups excluding carboxylic acids is 1. The predicted molar refractivity (Wildman–Crippen MR) is 53.0 cm³/mol. The van der Waals surface area contributed by atoms with Gasteiger partial charge in [0.15, 0.2) is 5.78 Å². The summed E-state index contributed by atoms with van der Waals surface area (Å²) in [5, 5.41) is 0. The van der Waals surface area contributed by atoms with E-state index >= 15 is 0 Å². The molecule has 1 atom stereocenters. The second kappa shape index (κ2) is 5.76. The fourth-order valence-corrected chi connectivity index (χ4v) is 1.21. The third-order valence-corrected chi connectivity index (χ3v) is 1.93. The van der Waals surface area contributed by atoms with E-state index in [-0.39, 0.29) is 11.7 Å². The van der Waals surface area contributed by atoms with Crippen LogP contribution in [0.25, 0.3) is 0 Å². The van der Waals surface area contributed by atoms with Crippen LogP contribution in [0, 0.1) is 5.92 Å². The Hall–Kier alpha value is -0.850. The van der Waals surface area contributed by atoms with Gasteiger partial charge >= 0.3 is 0 Å².